The van der Waals surface area contributed by atoms with Crippen LogP contribution in [-0.4, -0.2) is 43.0 Å². The van der Waals surface area contributed by atoms with E-state index in [1.165, 1.54) is 7.11 Å². The predicted octanol–water partition coefficient (Wildman–Crippen LogP) is 3.88. The summed E-state index contributed by atoms with van der Waals surface area (Å²) in [7, 11) is 1.48. The van der Waals surface area contributed by atoms with Gasteiger partial charge in [-0.1, -0.05) is 12.1 Å². The number of ketones is 1. The smallest absolute Gasteiger partial charge is 0.330 e. The summed E-state index contributed by atoms with van der Waals surface area (Å²) < 4.78 is 16.6. The molecule has 9 heteroatoms. The fourth-order valence-corrected chi connectivity index (χ4v) is 3.40. The van der Waals surface area contributed by atoms with E-state index in [-0.39, 0.29) is 24.0 Å². The summed E-state index contributed by atoms with van der Waals surface area (Å²) in [5.41, 5.74) is 7.29. The number of amidine groups is 1. The molecule has 3 aromatic carbocycles. The van der Waals surface area contributed by atoms with E-state index in [1.54, 1.807) is 66.7 Å². The number of anilines is 1. The van der Waals surface area contributed by atoms with Crippen LogP contribution in [0.2, 0.25) is 0 Å². The van der Waals surface area contributed by atoms with Crippen molar-refractivity contribution in [3.63, 3.8) is 0 Å². The van der Waals surface area contributed by atoms with Gasteiger partial charge in [-0.05, 0) is 61.0 Å². The zero-order chi connectivity index (χ0) is 25.4. The summed E-state index contributed by atoms with van der Waals surface area (Å²) in [6.07, 6.45) is 0. The molecule has 0 fully saturated rings. The second-order valence-electron chi connectivity index (χ2n) is 7.49. The first kappa shape index (κ1) is 25.1. The van der Waals surface area contributed by atoms with Crippen LogP contribution < -0.4 is 25.3 Å². The van der Waals surface area contributed by atoms with E-state index in [0.29, 0.717) is 40.5 Å². The van der Waals surface area contributed by atoms with Crippen LogP contribution in [0.5, 0.6) is 17.2 Å². The molecule has 0 aromatic heterocycles. The number of ether oxygens (including phenoxy) is 3. The molecule has 0 bridgehead atoms. The van der Waals surface area contributed by atoms with Gasteiger partial charge in [0, 0.05) is 17.3 Å². The molecule has 0 spiro atoms. The summed E-state index contributed by atoms with van der Waals surface area (Å²) in [6.45, 7) is 1.90. The van der Waals surface area contributed by atoms with Gasteiger partial charge in [0.15, 0.2) is 12.6 Å². The predicted molar refractivity (Wildman–Crippen MR) is 132 cm³/mol. The maximum absolute atomic E-state index is 12.7. The molecule has 0 aliphatic carbocycles. The van der Waals surface area contributed by atoms with Crippen molar-refractivity contribution in [2.45, 2.75) is 13.0 Å². The third kappa shape index (κ3) is 6.50. The van der Waals surface area contributed by atoms with Crippen LogP contribution in [0.1, 0.15) is 34.5 Å². The molecule has 0 aliphatic rings. The molecule has 0 radical (unpaired) electrons. The number of nitrogen functional groups attached to an aromatic ring is 1. The number of Topliss-reactive ketones (excluding diaryl/α,β-unsaturated/α-hetero) is 1. The van der Waals surface area contributed by atoms with Crippen LogP contribution in [0.25, 0.3) is 0 Å². The first-order valence-electron chi connectivity index (χ1n) is 10.8. The lowest BCUT2D eigenvalue weighted by Crippen LogP contribution is -2.21. The molecule has 1 unspecified atom stereocenters. The Bertz CT molecular complexity index is 1210. The Hall–Kier alpha value is -4.53. The summed E-state index contributed by atoms with van der Waals surface area (Å²) in [4.78, 5) is 24.8. The number of hydrogen-bond donors (Lipinski definition) is 4. The zero-order valence-electron chi connectivity index (χ0n) is 19.4. The van der Waals surface area contributed by atoms with Gasteiger partial charge in [-0.15, -0.1) is 0 Å². The summed E-state index contributed by atoms with van der Waals surface area (Å²) in [5.74, 6) is -0.357. The molecule has 182 valence electrons. The largest absolute Gasteiger partial charge is 0.496 e. The maximum Gasteiger partial charge on any atom is 0.330 e. The van der Waals surface area contributed by atoms with Crippen molar-refractivity contribution in [2.24, 2.45) is 5.73 Å². The van der Waals surface area contributed by atoms with Crippen molar-refractivity contribution in [3.05, 3.63) is 83.4 Å². The van der Waals surface area contributed by atoms with Gasteiger partial charge in [-0.3, -0.25) is 10.2 Å². The van der Waals surface area contributed by atoms with Crippen LogP contribution in [0.15, 0.2) is 66.7 Å². The van der Waals surface area contributed by atoms with Crippen molar-refractivity contribution < 1.29 is 28.9 Å². The van der Waals surface area contributed by atoms with Crippen LogP contribution in [-0.2, 0) is 4.79 Å². The third-order valence-corrected chi connectivity index (χ3v) is 5.08. The third-order valence-electron chi connectivity index (χ3n) is 5.08. The molecule has 0 heterocycles. The standard InChI is InChI=1S/C26H27N3O6/c1-3-34-19-12-17(24(26(31)32)29-18-10-8-16(9-11-18)25(27)28)13-20(14-19)35-15-22(30)21-6-4-5-7-23(21)33-2/h4-14,24,29H,3,15H2,1-2H3,(H3,27,28)(H,31,32). The molecule has 35 heavy (non-hydrogen) atoms. The van der Waals surface area contributed by atoms with Gasteiger partial charge in [-0.25, -0.2) is 4.79 Å². The minimum absolute atomic E-state index is 0.0831. The molecular formula is C26H27N3O6. The molecule has 0 saturated heterocycles. The number of nitrogens with two attached hydrogens (primary N) is 1. The summed E-state index contributed by atoms with van der Waals surface area (Å²) >= 11 is 0. The van der Waals surface area contributed by atoms with Crippen molar-refractivity contribution in [1.29, 1.82) is 5.41 Å². The van der Waals surface area contributed by atoms with E-state index < -0.39 is 12.0 Å². The molecule has 0 amide bonds. The quantitative estimate of drug-likeness (QED) is 0.175. The van der Waals surface area contributed by atoms with Crippen molar-refractivity contribution in [3.8, 4) is 17.2 Å². The van der Waals surface area contributed by atoms with Crippen LogP contribution >= 0.6 is 0 Å². The number of benzene rings is 3. The highest BCUT2D eigenvalue weighted by molar-refractivity contribution is 5.99. The summed E-state index contributed by atoms with van der Waals surface area (Å²) in [5, 5.41) is 20.3. The number of carboxylic acid groups (broad SMARTS) is 1. The fraction of sp³-hybridized carbons (Fsp3) is 0.192. The van der Waals surface area contributed by atoms with E-state index in [9.17, 15) is 14.7 Å². The Labute approximate surface area is 202 Å². The van der Waals surface area contributed by atoms with E-state index in [4.69, 9.17) is 25.4 Å². The van der Waals surface area contributed by atoms with Crippen LogP contribution in [0, 0.1) is 5.41 Å². The Kier molecular flexibility index (Phi) is 8.29. The lowest BCUT2D eigenvalue weighted by Gasteiger charge is -2.19. The van der Waals surface area contributed by atoms with E-state index in [1.807, 2.05) is 6.92 Å². The molecular weight excluding hydrogens is 450 g/mol. The monoisotopic (exact) mass is 477 g/mol. The second-order valence-corrected chi connectivity index (χ2v) is 7.49. The molecule has 0 saturated carbocycles. The maximum atomic E-state index is 12.7. The number of para-hydroxylation sites is 1. The molecule has 0 aliphatic heterocycles. The van der Waals surface area contributed by atoms with Crippen LogP contribution in [0.4, 0.5) is 5.69 Å². The SMILES string of the molecule is CCOc1cc(OCC(=O)c2ccccc2OC)cc(C(Nc2ccc(C(=N)N)cc2)C(=O)O)c1. The minimum Gasteiger partial charge on any atom is -0.496 e. The average Bonchev–Trinajstić information content (AvgIpc) is 2.86. The van der Waals surface area contributed by atoms with Gasteiger partial charge in [0.05, 0.1) is 19.3 Å². The fourth-order valence-electron chi connectivity index (χ4n) is 3.40. The number of carbonyl (C=O) groups excluding carboxylic acids is 1. The van der Waals surface area contributed by atoms with E-state index in [2.05, 4.69) is 5.32 Å². The highest BCUT2D eigenvalue weighted by atomic mass is 16.5. The molecule has 9 nitrogen and oxygen atoms in total. The minimum atomic E-state index is -1.13. The van der Waals surface area contributed by atoms with Gasteiger partial charge >= 0.3 is 5.97 Å². The Morgan fingerprint density at radius 1 is 1.03 bits per heavy atom. The van der Waals surface area contributed by atoms with E-state index >= 15 is 0 Å². The number of nitrogens with one attached hydrogen (secondary N) is 2. The van der Waals surface area contributed by atoms with Gasteiger partial charge in [0.25, 0.3) is 0 Å². The molecule has 1 atom stereocenters. The Morgan fingerprint density at radius 3 is 2.29 bits per heavy atom. The average molecular weight is 478 g/mol. The second kappa shape index (κ2) is 11.6. The Balaban J connectivity index is 1.85. The normalized spacial score (nSPS) is 11.3. The molecule has 3 rings (SSSR count). The lowest BCUT2D eigenvalue weighted by atomic mass is 10.0. The van der Waals surface area contributed by atoms with Crippen molar-refractivity contribution in [1.82, 2.24) is 0 Å². The number of hydrogen-bond acceptors (Lipinski definition) is 7. The summed E-state index contributed by atoms with van der Waals surface area (Å²) in [6, 6.07) is 17.0. The van der Waals surface area contributed by atoms with Crippen molar-refractivity contribution in [2.75, 3.05) is 25.6 Å². The van der Waals surface area contributed by atoms with Gasteiger partial charge in [0.1, 0.15) is 23.1 Å². The van der Waals surface area contributed by atoms with Crippen molar-refractivity contribution >= 4 is 23.3 Å². The highest BCUT2D eigenvalue weighted by Crippen LogP contribution is 2.30. The molecule has 5 N–H and O–H groups in total. The van der Waals surface area contributed by atoms with Crippen LogP contribution in [0.3, 0.4) is 0 Å². The topological polar surface area (TPSA) is 144 Å². The van der Waals surface area contributed by atoms with Gasteiger partial charge < -0.3 is 30.4 Å². The first-order chi connectivity index (χ1) is 16.8. The number of carboxylic acids is 1. The van der Waals surface area contributed by atoms with Gasteiger partial charge in [0.2, 0.25) is 5.78 Å². The lowest BCUT2D eigenvalue weighted by molar-refractivity contribution is -0.138. The molecule has 3 aromatic rings. The Morgan fingerprint density at radius 2 is 1.69 bits per heavy atom. The van der Waals surface area contributed by atoms with E-state index in [0.717, 1.165) is 0 Å². The number of methoxy groups -OCH3 is 1. The number of carbonyl (C=O) groups is 2. The highest BCUT2D eigenvalue weighted by Gasteiger charge is 2.22. The number of aliphatic carboxylic acids is 1. The number of rotatable bonds is 12. The van der Waals surface area contributed by atoms with Gasteiger partial charge in [-0.2, -0.15) is 0 Å². The zero-order valence-corrected chi connectivity index (χ0v) is 19.4. The first-order valence-corrected chi connectivity index (χ1v) is 10.8.